The molecule has 1 heterocycles. The third-order valence-electron chi connectivity index (χ3n) is 1.72. The van der Waals surface area contributed by atoms with Gasteiger partial charge in [0.25, 0.3) is 0 Å². The van der Waals surface area contributed by atoms with Gasteiger partial charge in [-0.1, -0.05) is 0 Å². The summed E-state index contributed by atoms with van der Waals surface area (Å²) in [7, 11) is 0. The molecule has 1 fully saturated rings. The molecule has 14 heavy (non-hydrogen) atoms. The molecule has 0 aromatic carbocycles. The van der Waals surface area contributed by atoms with Gasteiger partial charge in [0, 0.05) is 11.5 Å². The summed E-state index contributed by atoms with van der Waals surface area (Å²) in [6.07, 6.45) is -5.04. The van der Waals surface area contributed by atoms with Crippen molar-refractivity contribution >= 4 is 23.6 Å². The van der Waals surface area contributed by atoms with Gasteiger partial charge in [0.2, 0.25) is 0 Å². The molecule has 1 saturated heterocycles. The molecule has 2 N–H and O–H groups in total. The van der Waals surface area contributed by atoms with E-state index in [0.29, 0.717) is 0 Å². The number of carbonyl (C=O) groups is 2. The fourth-order valence-electron chi connectivity index (χ4n) is 0.843. The molecule has 0 atom stereocenters. The van der Waals surface area contributed by atoms with E-state index in [9.17, 15) is 22.8 Å². The first-order valence-electron chi connectivity index (χ1n) is 3.48. The smallest absolute Gasteiger partial charge is 0.471 e. The van der Waals surface area contributed by atoms with Gasteiger partial charge in [-0.2, -0.15) is 24.9 Å². The Balaban J connectivity index is 2.67. The van der Waals surface area contributed by atoms with Crippen LogP contribution in [0, 0.1) is 0 Å². The van der Waals surface area contributed by atoms with E-state index in [1.54, 1.807) is 0 Å². The van der Waals surface area contributed by atoms with E-state index in [0.717, 1.165) is 11.8 Å². The minimum absolute atomic E-state index is 0.0375. The minimum Gasteiger partial charge on any atom is -0.479 e. The van der Waals surface area contributed by atoms with Crippen LogP contribution < -0.4 is 5.32 Å². The first kappa shape index (κ1) is 11.2. The molecule has 0 aliphatic carbocycles. The van der Waals surface area contributed by atoms with Crippen molar-refractivity contribution in [3.8, 4) is 0 Å². The second-order valence-electron chi connectivity index (χ2n) is 2.83. The zero-order chi connectivity index (χ0) is 11.0. The fourth-order valence-corrected chi connectivity index (χ4v) is 1.85. The van der Waals surface area contributed by atoms with Crippen molar-refractivity contribution in [2.75, 3.05) is 11.5 Å². The highest BCUT2D eigenvalue weighted by Crippen LogP contribution is 2.31. The van der Waals surface area contributed by atoms with Crippen molar-refractivity contribution in [1.82, 2.24) is 5.32 Å². The van der Waals surface area contributed by atoms with Gasteiger partial charge in [-0.3, -0.25) is 4.79 Å². The lowest BCUT2D eigenvalue weighted by atomic mass is 10.0. The van der Waals surface area contributed by atoms with Crippen LogP contribution >= 0.6 is 11.8 Å². The van der Waals surface area contributed by atoms with E-state index < -0.39 is 23.6 Å². The molecule has 0 radical (unpaired) electrons. The first-order valence-corrected chi connectivity index (χ1v) is 4.64. The number of aliphatic carboxylic acids is 1. The van der Waals surface area contributed by atoms with Crippen LogP contribution in [0.2, 0.25) is 0 Å². The van der Waals surface area contributed by atoms with Crippen LogP contribution in [0.25, 0.3) is 0 Å². The zero-order valence-corrected chi connectivity index (χ0v) is 7.54. The predicted molar refractivity (Wildman–Crippen MR) is 41.9 cm³/mol. The summed E-state index contributed by atoms with van der Waals surface area (Å²) in [5.74, 6) is -3.72. The number of hydrogen-bond donors (Lipinski definition) is 2. The predicted octanol–water partition coefficient (Wildman–Crippen LogP) is 0.235. The molecule has 0 spiro atoms. The maximum absolute atomic E-state index is 11.8. The van der Waals surface area contributed by atoms with Crippen LogP contribution in [-0.4, -0.2) is 40.2 Å². The summed E-state index contributed by atoms with van der Waals surface area (Å²) in [4.78, 5) is 21.0. The molecule has 0 bridgehead atoms. The average Bonchev–Trinajstić information content (AvgIpc) is 1.93. The number of carbonyl (C=O) groups excluding carboxylic acids is 1. The molecule has 4 nitrogen and oxygen atoms in total. The Labute approximate surface area is 80.8 Å². The molecule has 80 valence electrons. The molecule has 0 unspecified atom stereocenters. The molecule has 1 aliphatic heterocycles. The van der Waals surface area contributed by atoms with Crippen molar-refractivity contribution in [2.45, 2.75) is 11.7 Å². The van der Waals surface area contributed by atoms with Gasteiger partial charge < -0.3 is 10.4 Å². The number of nitrogens with one attached hydrogen (secondary N) is 1. The summed E-state index contributed by atoms with van der Waals surface area (Å²) in [6.45, 7) is 0. The lowest BCUT2D eigenvalue weighted by molar-refractivity contribution is -0.177. The fraction of sp³-hybridized carbons (Fsp3) is 0.667. The minimum atomic E-state index is -5.04. The number of halogens is 3. The second kappa shape index (κ2) is 3.34. The highest BCUT2D eigenvalue weighted by atomic mass is 32.2. The van der Waals surface area contributed by atoms with Crippen LogP contribution in [0.3, 0.4) is 0 Å². The number of hydrogen-bond acceptors (Lipinski definition) is 3. The second-order valence-corrected chi connectivity index (χ2v) is 3.82. The Morgan fingerprint density at radius 3 is 2.07 bits per heavy atom. The third kappa shape index (κ3) is 1.94. The molecule has 8 heteroatoms. The standard InChI is InChI=1S/C6H6F3NO3S/c7-6(8,9)3(11)10-5(4(12)13)1-14-2-5/h1-2H2,(H,10,11)(H,12,13). The number of thioether (sulfide) groups is 1. The van der Waals surface area contributed by atoms with Crippen LogP contribution in [0.4, 0.5) is 13.2 Å². The van der Waals surface area contributed by atoms with Gasteiger partial charge in [0.05, 0.1) is 0 Å². The topological polar surface area (TPSA) is 66.4 Å². The van der Waals surface area contributed by atoms with Gasteiger partial charge in [-0.05, 0) is 0 Å². The maximum Gasteiger partial charge on any atom is 0.471 e. The van der Waals surface area contributed by atoms with E-state index in [-0.39, 0.29) is 11.5 Å². The molecule has 0 aromatic heterocycles. The lowest BCUT2D eigenvalue weighted by Crippen LogP contribution is -2.65. The van der Waals surface area contributed by atoms with Gasteiger partial charge >= 0.3 is 18.1 Å². The number of alkyl halides is 3. The van der Waals surface area contributed by atoms with E-state index in [1.165, 1.54) is 5.32 Å². The zero-order valence-electron chi connectivity index (χ0n) is 6.72. The van der Waals surface area contributed by atoms with Crippen molar-refractivity contribution in [3.05, 3.63) is 0 Å². The van der Waals surface area contributed by atoms with E-state index >= 15 is 0 Å². The Morgan fingerprint density at radius 2 is 1.86 bits per heavy atom. The molecule has 1 amide bonds. The molecule has 0 saturated carbocycles. The summed E-state index contributed by atoms with van der Waals surface area (Å²) in [6, 6.07) is 0. The third-order valence-corrected chi connectivity index (χ3v) is 3.11. The molecular formula is C6H6F3NO3S. The monoisotopic (exact) mass is 229 g/mol. The molecular weight excluding hydrogens is 223 g/mol. The van der Waals surface area contributed by atoms with Crippen LogP contribution in [0.1, 0.15) is 0 Å². The van der Waals surface area contributed by atoms with Gasteiger partial charge in [-0.15, -0.1) is 0 Å². The Bertz CT molecular complexity index is 274. The number of carboxylic acids is 1. The number of amides is 1. The van der Waals surface area contributed by atoms with Crippen LogP contribution in [0.15, 0.2) is 0 Å². The van der Waals surface area contributed by atoms with E-state index in [2.05, 4.69) is 0 Å². The van der Waals surface area contributed by atoms with Crippen molar-refractivity contribution in [2.24, 2.45) is 0 Å². The van der Waals surface area contributed by atoms with Gasteiger partial charge in [0.1, 0.15) is 0 Å². The van der Waals surface area contributed by atoms with Crippen molar-refractivity contribution < 1.29 is 27.9 Å². The lowest BCUT2D eigenvalue weighted by Gasteiger charge is -2.37. The first-order chi connectivity index (χ1) is 6.28. The summed E-state index contributed by atoms with van der Waals surface area (Å²) < 4.78 is 35.4. The normalized spacial score (nSPS) is 19.6. The maximum atomic E-state index is 11.8. The van der Waals surface area contributed by atoms with E-state index in [1.807, 2.05) is 0 Å². The Hall–Kier alpha value is -0.920. The average molecular weight is 229 g/mol. The summed E-state index contributed by atoms with van der Waals surface area (Å²) >= 11 is 1.16. The number of carboxylic acid groups (broad SMARTS) is 1. The molecule has 1 aliphatic rings. The largest absolute Gasteiger partial charge is 0.479 e. The SMILES string of the molecule is O=C(NC1(C(=O)O)CSC1)C(F)(F)F. The van der Waals surface area contributed by atoms with Crippen LogP contribution in [0.5, 0.6) is 0 Å². The summed E-state index contributed by atoms with van der Waals surface area (Å²) in [5, 5.41) is 10.1. The van der Waals surface area contributed by atoms with Crippen LogP contribution in [-0.2, 0) is 9.59 Å². The van der Waals surface area contributed by atoms with Crippen molar-refractivity contribution in [3.63, 3.8) is 0 Å². The molecule has 0 aromatic rings. The Kier molecular flexibility index (Phi) is 2.66. The van der Waals surface area contributed by atoms with E-state index in [4.69, 9.17) is 5.11 Å². The summed E-state index contributed by atoms with van der Waals surface area (Å²) in [5.41, 5.74) is -1.74. The number of rotatable bonds is 2. The quantitative estimate of drug-likeness (QED) is 0.711. The Morgan fingerprint density at radius 1 is 1.36 bits per heavy atom. The van der Waals surface area contributed by atoms with Gasteiger partial charge in [0.15, 0.2) is 5.54 Å². The highest BCUT2D eigenvalue weighted by molar-refractivity contribution is 8.01. The highest BCUT2D eigenvalue weighted by Gasteiger charge is 2.51. The van der Waals surface area contributed by atoms with Crippen molar-refractivity contribution in [1.29, 1.82) is 0 Å². The molecule has 1 rings (SSSR count). The van der Waals surface area contributed by atoms with Gasteiger partial charge in [-0.25, -0.2) is 4.79 Å².